The Morgan fingerprint density at radius 1 is 1.02 bits per heavy atom. The number of hydrogen-bond acceptors (Lipinski definition) is 5. The normalized spacial score (nSPS) is 23.7. The lowest BCUT2D eigenvalue weighted by molar-refractivity contribution is -0.157. The largest absolute Gasteiger partial charge is 0.399 e. The van der Waals surface area contributed by atoms with Gasteiger partial charge in [-0.05, 0) is 55.3 Å². The summed E-state index contributed by atoms with van der Waals surface area (Å²) >= 11 is 0.971. The molecule has 3 saturated heterocycles. The van der Waals surface area contributed by atoms with Gasteiger partial charge in [0.25, 0.3) is 5.91 Å². The molecule has 240 valence electrons. The van der Waals surface area contributed by atoms with Crippen LogP contribution in [0.25, 0.3) is 10.1 Å². The molecule has 3 amide bonds. The maximum absolute atomic E-state index is 15.5. The van der Waals surface area contributed by atoms with Crippen LogP contribution < -0.4 is 5.32 Å². The molecule has 3 aliphatic rings. The lowest BCUT2D eigenvalue weighted by Gasteiger charge is -2.47. The van der Waals surface area contributed by atoms with Crippen LogP contribution in [-0.2, 0) is 25.5 Å². The minimum atomic E-state index is -5.78. The number of carbonyl (C=O) groups is 3. The third-order valence-corrected chi connectivity index (χ3v) is 11.0. The minimum absolute atomic E-state index is 0.107. The molecular weight excluding hydrogens is 637 g/mol. The Morgan fingerprint density at radius 2 is 1.73 bits per heavy atom. The van der Waals surface area contributed by atoms with Crippen molar-refractivity contribution in [3.8, 4) is 0 Å². The summed E-state index contributed by atoms with van der Waals surface area (Å²) in [6.07, 6.45) is 3.34. The van der Waals surface area contributed by atoms with Crippen molar-refractivity contribution in [2.45, 2.75) is 68.0 Å². The molecule has 3 aromatic rings. The van der Waals surface area contributed by atoms with Crippen molar-refractivity contribution in [2.75, 3.05) is 13.1 Å². The number of rotatable bonds is 6. The number of benzene rings is 2. The molecule has 45 heavy (non-hydrogen) atoms. The SMILES string of the molecule is O=C(N[C@H]1CCCC[C@H]2CC[C@@H](C(=O)N3CC(F)(c4ccccc4F)C3)N2C1=O)c1cc2cc(C(F)(F)P(=O)(O)O)ccc2s1. The van der Waals surface area contributed by atoms with Gasteiger partial charge in [-0.1, -0.05) is 37.1 Å². The Morgan fingerprint density at radius 3 is 2.44 bits per heavy atom. The summed E-state index contributed by atoms with van der Waals surface area (Å²) in [7, 11) is -5.78. The zero-order valence-electron chi connectivity index (χ0n) is 23.8. The standard InChI is InChI=1S/C30H30F4N3O6PS/c31-21-7-3-2-6-20(21)29(32)15-36(16-29)28(40)23-11-10-19-5-1-4-8-22(27(39)37(19)23)35-26(38)25-14-17-13-18(9-12-24(17)45-25)30(33,34)44(41,42)43/h2-3,6-7,9,12-14,19,22-23H,1,4-5,8,10-11,15-16H2,(H,35,38)(H2,41,42,43)/t19-,22-,23-/m0/s1. The lowest BCUT2D eigenvalue weighted by atomic mass is 9.87. The fourth-order valence-corrected chi connectivity index (χ4v) is 7.99. The van der Waals surface area contributed by atoms with E-state index in [1.165, 1.54) is 40.1 Å². The number of alkyl halides is 3. The highest BCUT2D eigenvalue weighted by Gasteiger charge is 2.53. The number of fused-ring (bicyclic) bond motifs is 2. The highest BCUT2D eigenvalue weighted by Crippen LogP contribution is 2.59. The van der Waals surface area contributed by atoms with Gasteiger partial charge in [-0.3, -0.25) is 18.9 Å². The van der Waals surface area contributed by atoms with E-state index in [1.807, 2.05) is 0 Å². The number of halogens is 4. The molecule has 3 N–H and O–H groups in total. The molecule has 0 saturated carbocycles. The average molecular weight is 668 g/mol. The molecular formula is C30H30F4N3O6PS. The number of nitrogens with one attached hydrogen (secondary N) is 1. The number of likely N-dealkylation sites (tertiary alicyclic amines) is 1. The molecule has 15 heteroatoms. The first-order chi connectivity index (χ1) is 21.2. The van der Waals surface area contributed by atoms with Gasteiger partial charge in [-0.15, -0.1) is 11.3 Å². The highest BCUT2D eigenvalue weighted by molar-refractivity contribution is 7.52. The third-order valence-electron chi connectivity index (χ3n) is 8.93. The molecule has 0 bridgehead atoms. The molecule has 9 nitrogen and oxygen atoms in total. The van der Waals surface area contributed by atoms with Crippen LogP contribution in [0.3, 0.4) is 0 Å². The highest BCUT2D eigenvalue weighted by atomic mass is 32.1. The van der Waals surface area contributed by atoms with Gasteiger partial charge in [-0.2, -0.15) is 8.78 Å². The summed E-state index contributed by atoms with van der Waals surface area (Å²) in [6, 6.07) is 7.83. The first-order valence-electron chi connectivity index (χ1n) is 14.5. The van der Waals surface area contributed by atoms with Gasteiger partial charge in [-0.25, -0.2) is 8.78 Å². The Balaban J connectivity index is 1.17. The molecule has 0 aliphatic carbocycles. The molecule has 4 heterocycles. The van der Waals surface area contributed by atoms with E-state index in [9.17, 15) is 32.1 Å². The fraction of sp³-hybridized carbons (Fsp3) is 0.433. The van der Waals surface area contributed by atoms with Crippen molar-refractivity contribution in [1.82, 2.24) is 15.1 Å². The van der Waals surface area contributed by atoms with Crippen molar-refractivity contribution in [1.29, 1.82) is 0 Å². The molecule has 3 aliphatic heterocycles. The summed E-state index contributed by atoms with van der Waals surface area (Å²) < 4.78 is 69.9. The molecule has 0 unspecified atom stereocenters. The molecule has 0 radical (unpaired) electrons. The van der Waals surface area contributed by atoms with Gasteiger partial charge < -0.3 is 24.9 Å². The van der Waals surface area contributed by atoms with Crippen LogP contribution in [0.5, 0.6) is 0 Å². The van der Waals surface area contributed by atoms with E-state index in [-0.39, 0.29) is 35.0 Å². The summed E-state index contributed by atoms with van der Waals surface area (Å²) in [5.74, 6) is -2.18. The smallest absolute Gasteiger partial charge is 0.340 e. The van der Waals surface area contributed by atoms with Gasteiger partial charge in [0.1, 0.15) is 17.9 Å². The van der Waals surface area contributed by atoms with Crippen LogP contribution in [0.4, 0.5) is 17.6 Å². The van der Waals surface area contributed by atoms with Crippen molar-refractivity contribution >= 4 is 46.7 Å². The van der Waals surface area contributed by atoms with E-state index in [0.717, 1.165) is 36.0 Å². The molecule has 0 spiro atoms. The van der Waals surface area contributed by atoms with E-state index < -0.39 is 60.1 Å². The van der Waals surface area contributed by atoms with E-state index in [2.05, 4.69) is 5.32 Å². The molecule has 1 aromatic heterocycles. The van der Waals surface area contributed by atoms with Crippen molar-refractivity contribution < 1.29 is 46.3 Å². The number of carbonyl (C=O) groups excluding carboxylic acids is 3. The van der Waals surface area contributed by atoms with Gasteiger partial charge in [0.2, 0.25) is 11.8 Å². The number of hydrogen-bond donors (Lipinski definition) is 3. The Bertz CT molecular complexity index is 1720. The molecule has 2 aromatic carbocycles. The van der Waals surface area contributed by atoms with E-state index in [0.29, 0.717) is 36.8 Å². The lowest BCUT2D eigenvalue weighted by Crippen LogP contribution is -2.64. The van der Waals surface area contributed by atoms with Crippen LogP contribution in [-0.4, -0.2) is 68.5 Å². The van der Waals surface area contributed by atoms with Crippen LogP contribution in [0.1, 0.15) is 59.3 Å². The van der Waals surface area contributed by atoms with Gasteiger partial charge >= 0.3 is 13.3 Å². The second kappa shape index (κ2) is 11.5. The van der Waals surface area contributed by atoms with Crippen molar-refractivity contribution in [3.63, 3.8) is 0 Å². The first kappa shape index (κ1) is 31.7. The van der Waals surface area contributed by atoms with E-state index in [4.69, 9.17) is 9.79 Å². The summed E-state index contributed by atoms with van der Waals surface area (Å²) in [5.41, 5.74) is -7.43. The van der Waals surface area contributed by atoms with Crippen LogP contribution in [0.15, 0.2) is 48.5 Å². The second-order valence-electron chi connectivity index (χ2n) is 11.9. The summed E-state index contributed by atoms with van der Waals surface area (Å²) in [4.78, 5) is 61.7. The Labute approximate surface area is 259 Å². The molecule has 6 rings (SSSR count). The summed E-state index contributed by atoms with van der Waals surface area (Å²) in [6.45, 7) is -0.659. The number of nitrogens with zero attached hydrogens (tertiary/aromatic N) is 2. The fourth-order valence-electron chi connectivity index (χ4n) is 6.57. The first-order valence-corrected chi connectivity index (χ1v) is 17.0. The monoisotopic (exact) mass is 667 g/mol. The topological polar surface area (TPSA) is 127 Å². The number of amides is 3. The van der Waals surface area contributed by atoms with E-state index >= 15 is 4.39 Å². The minimum Gasteiger partial charge on any atom is -0.340 e. The molecule has 3 atom stereocenters. The maximum atomic E-state index is 15.5. The average Bonchev–Trinajstić information content (AvgIpc) is 3.59. The third kappa shape index (κ3) is 5.66. The van der Waals surface area contributed by atoms with Gasteiger partial charge in [0, 0.05) is 21.9 Å². The van der Waals surface area contributed by atoms with Gasteiger partial charge in [0.05, 0.1) is 18.0 Å². The van der Waals surface area contributed by atoms with Gasteiger partial charge in [0.15, 0.2) is 5.67 Å². The maximum Gasteiger partial charge on any atom is 0.399 e. The zero-order chi connectivity index (χ0) is 32.3. The quantitative estimate of drug-likeness (QED) is 0.251. The molecule has 3 fully saturated rings. The predicted molar refractivity (Wildman–Crippen MR) is 157 cm³/mol. The Kier molecular flexibility index (Phi) is 8.08. The van der Waals surface area contributed by atoms with Crippen LogP contribution in [0.2, 0.25) is 0 Å². The zero-order valence-corrected chi connectivity index (χ0v) is 25.5. The number of thiophene rings is 1. The predicted octanol–water partition coefficient (Wildman–Crippen LogP) is 5.01. The van der Waals surface area contributed by atoms with Crippen LogP contribution in [0, 0.1) is 5.82 Å². The van der Waals surface area contributed by atoms with Crippen molar-refractivity contribution in [2.24, 2.45) is 0 Å². The summed E-state index contributed by atoms with van der Waals surface area (Å²) in [5, 5.41) is 2.91. The second-order valence-corrected chi connectivity index (χ2v) is 14.6. The Hall–Kier alpha value is -3.32. The van der Waals surface area contributed by atoms with Crippen LogP contribution >= 0.6 is 18.9 Å². The van der Waals surface area contributed by atoms with E-state index in [1.54, 1.807) is 0 Å². The van der Waals surface area contributed by atoms with Crippen molar-refractivity contribution in [3.05, 3.63) is 70.4 Å².